The first-order valence-electron chi connectivity index (χ1n) is 3.17. The third-order valence-corrected chi connectivity index (χ3v) is 1.79. The highest BCUT2D eigenvalue weighted by Crippen LogP contribution is 2.21. The molecule has 0 saturated heterocycles. The van der Waals surface area contributed by atoms with Gasteiger partial charge in [0.05, 0.1) is 10.5 Å². The molecule has 1 aromatic rings. The van der Waals surface area contributed by atoms with Crippen LogP contribution in [0.15, 0.2) is 22.7 Å². The minimum atomic E-state index is -1.44. The molecule has 1 aromatic carbocycles. The van der Waals surface area contributed by atoms with Crippen LogP contribution in [0.4, 0.5) is 5.69 Å². The average Bonchev–Trinajstić information content (AvgIpc) is 2.03. The van der Waals surface area contributed by atoms with Gasteiger partial charge in [-0.15, -0.1) is 0 Å². The maximum absolute atomic E-state index is 10.4. The van der Waals surface area contributed by atoms with Crippen molar-refractivity contribution in [1.29, 1.82) is 0 Å². The zero-order chi connectivity index (χ0) is 10.0. The number of halogens is 1. The number of benzene rings is 1. The summed E-state index contributed by atoms with van der Waals surface area (Å²) in [5, 5.41) is 20.7. The van der Waals surface area contributed by atoms with E-state index in [2.05, 4.69) is 15.9 Å². The normalized spacial score (nSPS) is 9.62. The molecule has 67 valence electrons. The predicted octanol–water partition coefficient (Wildman–Crippen LogP) is 1.93. The van der Waals surface area contributed by atoms with Crippen molar-refractivity contribution in [3.63, 3.8) is 0 Å². The van der Waals surface area contributed by atoms with E-state index >= 15 is 0 Å². The van der Waals surface area contributed by atoms with E-state index < -0.39 is 10.9 Å². The van der Waals surface area contributed by atoms with Gasteiger partial charge in [-0.25, -0.2) is 9.90 Å². The van der Waals surface area contributed by atoms with E-state index in [4.69, 9.17) is 0 Å². The number of carbonyl (C=O) groups is 1. The second kappa shape index (κ2) is 3.53. The first-order valence-corrected chi connectivity index (χ1v) is 3.96. The molecule has 0 saturated carbocycles. The van der Waals surface area contributed by atoms with Crippen LogP contribution >= 0.6 is 15.9 Å². The fraction of sp³-hybridized carbons (Fsp3) is 0. The Labute approximate surface area is 81.3 Å². The smallest absolute Gasteiger partial charge is 0.258 e. The SMILES string of the molecule is [O]C(=O)c1cc(Br)cc([N+](=O)[O-])c1. The second-order valence-electron chi connectivity index (χ2n) is 2.24. The van der Waals surface area contributed by atoms with Crippen LogP contribution < -0.4 is 0 Å². The van der Waals surface area contributed by atoms with Crippen molar-refractivity contribution < 1.29 is 14.8 Å². The van der Waals surface area contributed by atoms with E-state index in [1.807, 2.05) is 0 Å². The molecule has 0 bridgehead atoms. The Bertz CT molecular complexity index is 345. The number of nitro benzene ring substituents is 1. The van der Waals surface area contributed by atoms with Crippen molar-refractivity contribution >= 4 is 27.6 Å². The summed E-state index contributed by atoms with van der Waals surface area (Å²) in [6, 6.07) is 3.40. The molecule has 0 fully saturated rings. The summed E-state index contributed by atoms with van der Waals surface area (Å²) in [6.07, 6.45) is 0. The highest BCUT2D eigenvalue weighted by Gasteiger charge is 2.13. The Kier molecular flexibility index (Phi) is 2.62. The quantitative estimate of drug-likeness (QED) is 0.589. The molecule has 0 amide bonds. The predicted molar refractivity (Wildman–Crippen MR) is 45.8 cm³/mol. The zero-order valence-corrected chi connectivity index (χ0v) is 7.78. The van der Waals surface area contributed by atoms with E-state index in [-0.39, 0.29) is 11.3 Å². The van der Waals surface area contributed by atoms with Gasteiger partial charge in [0.25, 0.3) is 5.69 Å². The van der Waals surface area contributed by atoms with Crippen LogP contribution in [0.25, 0.3) is 0 Å². The third kappa shape index (κ3) is 2.25. The van der Waals surface area contributed by atoms with Gasteiger partial charge in [0.2, 0.25) is 0 Å². The summed E-state index contributed by atoms with van der Waals surface area (Å²) in [7, 11) is 0. The van der Waals surface area contributed by atoms with Crippen LogP contribution in [0, 0.1) is 10.1 Å². The molecule has 0 aliphatic rings. The van der Waals surface area contributed by atoms with Gasteiger partial charge in [-0.3, -0.25) is 10.1 Å². The lowest BCUT2D eigenvalue weighted by molar-refractivity contribution is -0.385. The monoisotopic (exact) mass is 244 g/mol. The summed E-state index contributed by atoms with van der Waals surface area (Å²) in [4.78, 5) is 20.0. The number of non-ortho nitro benzene ring substituents is 1. The minimum absolute atomic E-state index is 0.221. The van der Waals surface area contributed by atoms with Gasteiger partial charge in [-0.1, -0.05) is 15.9 Å². The number of nitrogens with zero attached hydrogens (tertiary/aromatic N) is 1. The summed E-state index contributed by atoms with van der Waals surface area (Å²) in [5.74, 6) is -1.44. The highest BCUT2D eigenvalue weighted by atomic mass is 79.9. The lowest BCUT2D eigenvalue weighted by Gasteiger charge is -1.95. The third-order valence-electron chi connectivity index (χ3n) is 1.33. The molecule has 6 heteroatoms. The van der Waals surface area contributed by atoms with Gasteiger partial charge in [-0.2, -0.15) is 0 Å². The van der Waals surface area contributed by atoms with Crippen molar-refractivity contribution in [2.24, 2.45) is 0 Å². The topological polar surface area (TPSA) is 80.1 Å². The molecule has 13 heavy (non-hydrogen) atoms. The maximum Gasteiger partial charge on any atom is 0.386 e. The van der Waals surface area contributed by atoms with Gasteiger partial charge in [0, 0.05) is 16.6 Å². The number of nitro groups is 1. The minimum Gasteiger partial charge on any atom is -0.258 e. The number of hydrogen-bond acceptors (Lipinski definition) is 3. The fourth-order valence-corrected chi connectivity index (χ4v) is 1.28. The molecule has 5 nitrogen and oxygen atoms in total. The summed E-state index contributed by atoms with van der Waals surface area (Å²) in [5.41, 5.74) is -0.505. The van der Waals surface area contributed by atoms with Crippen molar-refractivity contribution in [2.45, 2.75) is 0 Å². The lowest BCUT2D eigenvalue weighted by Crippen LogP contribution is -1.96. The number of rotatable bonds is 2. The van der Waals surface area contributed by atoms with E-state index in [0.29, 0.717) is 4.47 Å². The van der Waals surface area contributed by atoms with Gasteiger partial charge < -0.3 is 0 Å². The van der Waals surface area contributed by atoms with Crippen LogP contribution in [-0.4, -0.2) is 10.9 Å². The largest absolute Gasteiger partial charge is 0.386 e. The fourth-order valence-electron chi connectivity index (χ4n) is 0.797. The van der Waals surface area contributed by atoms with Crippen molar-refractivity contribution in [1.82, 2.24) is 0 Å². The Morgan fingerprint density at radius 3 is 2.46 bits per heavy atom. The standard InChI is InChI=1S/C7H3BrNO4/c8-5-1-4(7(10)11)2-6(3-5)9(12)13/h1-3H. The Hall–Kier alpha value is -1.43. The summed E-state index contributed by atoms with van der Waals surface area (Å²) >= 11 is 2.95. The van der Waals surface area contributed by atoms with Gasteiger partial charge in [0.15, 0.2) is 0 Å². The number of hydrogen-bond donors (Lipinski definition) is 0. The van der Waals surface area contributed by atoms with E-state index in [9.17, 15) is 20.0 Å². The molecule has 0 aliphatic carbocycles. The van der Waals surface area contributed by atoms with Crippen LogP contribution in [0.3, 0.4) is 0 Å². The second-order valence-corrected chi connectivity index (χ2v) is 3.16. The molecular weight excluding hydrogens is 242 g/mol. The molecule has 0 N–H and O–H groups in total. The Morgan fingerprint density at radius 2 is 2.00 bits per heavy atom. The van der Waals surface area contributed by atoms with E-state index in [0.717, 1.165) is 6.07 Å². The van der Waals surface area contributed by atoms with Crippen LogP contribution in [0.2, 0.25) is 0 Å². The molecule has 0 aliphatic heterocycles. The van der Waals surface area contributed by atoms with Crippen LogP contribution in [-0.2, 0) is 5.11 Å². The van der Waals surface area contributed by atoms with Crippen LogP contribution in [0.5, 0.6) is 0 Å². The van der Waals surface area contributed by atoms with Crippen molar-refractivity contribution in [3.05, 3.63) is 38.3 Å². The summed E-state index contributed by atoms with van der Waals surface area (Å²) < 4.78 is 0.334. The Balaban J connectivity index is 3.26. The molecular formula is C7H3BrNO4. The zero-order valence-electron chi connectivity index (χ0n) is 6.19. The van der Waals surface area contributed by atoms with E-state index in [1.165, 1.54) is 12.1 Å². The van der Waals surface area contributed by atoms with Crippen molar-refractivity contribution in [2.75, 3.05) is 0 Å². The van der Waals surface area contributed by atoms with E-state index in [1.54, 1.807) is 0 Å². The molecule has 0 unspecified atom stereocenters. The average molecular weight is 245 g/mol. The summed E-state index contributed by atoms with van der Waals surface area (Å²) in [6.45, 7) is 0. The molecule has 0 spiro atoms. The molecule has 1 radical (unpaired) electrons. The first kappa shape index (κ1) is 9.66. The Morgan fingerprint density at radius 1 is 1.38 bits per heavy atom. The van der Waals surface area contributed by atoms with Crippen molar-refractivity contribution in [3.8, 4) is 0 Å². The van der Waals surface area contributed by atoms with Gasteiger partial charge >= 0.3 is 5.97 Å². The molecule has 0 heterocycles. The van der Waals surface area contributed by atoms with Crippen LogP contribution in [0.1, 0.15) is 10.4 Å². The van der Waals surface area contributed by atoms with Gasteiger partial charge in [0.1, 0.15) is 0 Å². The maximum atomic E-state index is 10.4. The molecule has 0 atom stereocenters. The van der Waals surface area contributed by atoms with Gasteiger partial charge in [-0.05, 0) is 6.07 Å². The lowest BCUT2D eigenvalue weighted by atomic mass is 10.2. The first-order chi connectivity index (χ1) is 6.00. The number of carbonyl (C=O) groups excluding carboxylic acids is 1. The molecule has 1 rings (SSSR count). The highest BCUT2D eigenvalue weighted by molar-refractivity contribution is 9.10. The molecule has 0 aromatic heterocycles.